The summed E-state index contributed by atoms with van der Waals surface area (Å²) in [7, 11) is -2.52. The van der Waals surface area contributed by atoms with Gasteiger partial charge in [0.05, 0.1) is 5.92 Å². The molecule has 3 rings (SSSR count). The van der Waals surface area contributed by atoms with Gasteiger partial charge in [-0.1, -0.05) is 42.5 Å². The maximum Gasteiger partial charge on any atom is 1.00 e. The maximum absolute atomic E-state index is 12.7. The van der Waals surface area contributed by atoms with E-state index in [4.69, 9.17) is 5.73 Å². The zero-order valence-corrected chi connectivity index (χ0v) is 18.0. The predicted molar refractivity (Wildman–Crippen MR) is 96.3 cm³/mol. The van der Waals surface area contributed by atoms with Crippen LogP contribution in [0.4, 0.5) is 8.63 Å². The van der Waals surface area contributed by atoms with Gasteiger partial charge in [0, 0.05) is 30.7 Å². The summed E-state index contributed by atoms with van der Waals surface area (Å²) in [5.74, 6) is -0.527. The topological polar surface area (TPSA) is 56.0 Å². The molecule has 0 radical (unpaired) electrons. The fourth-order valence-electron chi connectivity index (χ4n) is 2.89. The monoisotopic (exact) mass is 396 g/mol. The smallest absolute Gasteiger partial charge is 1.00 e. The van der Waals surface area contributed by atoms with Crippen LogP contribution < -0.4 is 67.3 Å². The summed E-state index contributed by atoms with van der Waals surface area (Å²) in [5.41, 5.74) is 7.27. The molecule has 3 nitrogen and oxygen atoms in total. The number of hydrogen-bond acceptors (Lipinski definition) is 3. The fourth-order valence-corrected chi connectivity index (χ4v) is 2.89. The number of aromatic nitrogens is 1. The van der Waals surface area contributed by atoms with Crippen LogP contribution in [0.25, 0.3) is 10.8 Å². The predicted octanol–water partition coefficient (Wildman–Crippen LogP) is -3.27. The Morgan fingerprint density at radius 3 is 2.41 bits per heavy atom. The first kappa shape index (κ1) is 24.0. The standard InChI is InChI=1S/C19H17BF2N2O.FH.K/c21-20(22)17-5-3-14(4-6-17)18(11-23)19(25)10-13-1-2-16-12-24-8-7-15(16)9-13;;/h1-9,12,18H,10-11,23H2;1H;/q;;+1/p-1. The number of Topliss-reactive ketones (excluding diaryl/α,β-unsaturated/α-hetero) is 1. The van der Waals surface area contributed by atoms with Gasteiger partial charge in [-0.2, -0.15) is 0 Å². The third-order valence-electron chi connectivity index (χ3n) is 4.30. The number of pyridine rings is 1. The molecule has 1 heterocycles. The van der Waals surface area contributed by atoms with E-state index in [2.05, 4.69) is 4.98 Å². The van der Waals surface area contributed by atoms with Crippen molar-refractivity contribution < 1.29 is 69.5 Å². The van der Waals surface area contributed by atoms with Crippen LogP contribution in [0.1, 0.15) is 17.0 Å². The summed E-state index contributed by atoms with van der Waals surface area (Å²) in [6.07, 6.45) is 3.73. The van der Waals surface area contributed by atoms with Gasteiger partial charge >= 0.3 is 58.7 Å². The van der Waals surface area contributed by atoms with Gasteiger partial charge in [-0.15, -0.1) is 0 Å². The van der Waals surface area contributed by atoms with Crippen LogP contribution in [-0.2, 0) is 11.2 Å². The van der Waals surface area contributed by atoms with Crippen LogP contribution in [-0.4, -0.2) is 24.6 Å². The second kappa shape index (κ2) is 11.1. The number of rotatable bonds is 6. The van der Waals surface area contributed by atoms with Crippen molar-refractivity contribution >= 4 is 29.3 Å². The zero-order chi connectivity index (χ0) is 17.8. The molecular formula is C19H17BF3KN2O. The number of ketones is 1. The Morgan fingerprint density at radius 1 is 1.07 bits per heavy atom. The fraction of sp³-hybridized carbons (Fsp3) is 0.158. The van der Waals surface area contributed by atoms with Gasteiger partial charge < -0.3 is 10.4 Å². The second-order valence-corrected chi connectivity index (χ2v) is 5.96. The van der Waals surface area contributed by atoms with Crippen LogP contribution in [0.15, 0.2) is 60.9 Å². The zero-order valence-electron chi connectivity index (χ0n) is 14.9. The summed E-state index contributed by atoms with van der Waals surface area (Å²) < 4.78 is 25.3. The van der Waals surface area contributed by atoms with Crippen LogP contribution in [0.5, 0.6) is 0 Å². The molecule has 0 aliphatic carbocycles. The molecule has 0 aliphatic heterocycles. The summed E-state index contributed by atoms with van der Waals surface area (Å²) in [4.78, 5) is 16.7. The number of nitrogens with two attached hydrogens (primary N) is 1. The summed E-state index contributed by atoms with van der Waals surface area (Å²) in [6.45, 7) is 0.143. The minimum absolute atomic E-state index is 0. The molecule has 2 aromatic carbocycles. The molecular weight excluding hydrogens is 379 g/mol. The Hall–Kier alpha value is -1.03. The van der Waals surface area contributed by atoms with Crippen LogP contribution in [0, 0.1) is 0 Å². The van der Waals surface area contributed by atoms with Gasteiger partial charge in [0.2, 0.25) is 0 Å². The Labute approximate surface area is 198 Å². The molecule has 0 fully saturated rings. The van der Waals surface area contributed by atoms with E-state index in [0.717, 1.165) is 16.3 Å². The van der Waals surface area contributed by atoms with Crippen molar-refractivity contribution in [2.75, 3.05) is 6.54 Å². The quantitative estimate of drug-likeness (QED) is 0.445. The number of benzene rings is 2. The summed E-state index contributed by atoms with van der Waals surface area (Å²) in [5, 5.41) is 2.03. The Kier molecular flexibility index (Phi) is 9.86. The first-order valence-corrected chi connectivity index (χ1v) is 8.02. The van der Waals surface area contributed by atoms with E-state index in [0.29, 0.717) is 5.56 Å². The maximum atomic E-state index is 12.7. The van der Waals surface area contributed by atoms with Gasteiger partial charge in [-0.25, -0.2) is 0 Å². The molecule has 0 spiro atoms. The van der Waals surface area contributed by atoms with Gasteiger partial charge in [0.25, 0.3) is 0 Å². The molecule has 3 aromatic rings. The molecule has 2 N–H and O–H groups in total. The van der Waals surface area contributed by atoms with Crippen LogP contribution in [0.3, 0.4) is 0 Å². The van der Waals surface area contributed by atoms with Crippen molar-refractivity contribution in [2.45, 2.75) is 12.3 Å². The van der Waals surface area contributed by atoms with Crippen LogP contribution >= 0.6 is 0 Å². The Morgan fingerprint density at radius 2 is 1.78 bits per heavy atom. The molecule has 27 heavy (non-hydrogen) atoms. The van der Waals surface area contributed by atoms with Crippen molar-refractivity contribution in [2.24, 2.45) is 5.73 Å². The van der Waals surface area contributed by atoms with Crippen molar-refractivity contribution in [1.29, 1.82) is 0 Å². The molecule has 0 aliphatic rings. The van der Waals surface area contributed by atoms with Crippen molar-refractivity contribution in [1.82, 2.24) is 4.98 Å². The van der Waals surface area contributed by atoms with E-state index in [1.807, 2.05) is 24.3 Å². The van der Waals surface area contributed by atoms with E-state index in [1.165, 1.54) is 12.1 Å². The second-order valence-electron chi connectivity index (χ2n) is 5.96. The van der Waals surface area contributed by atoms with Gasteiger partial charge in [0.15, 0.2) is 0 Å². The SMILES string of the molecule is NCC(C(=O)Cc1ccc2cnccc2c1)c1ccc(B(F)F)cc1.[F-].[K+]. The summed E-state index contributed by atoms with van der Waals surface area (Å²) >= 11 is 0. The Balaban J connectivity index is 0.00000182. The third-order valence-corrected chi connectivity index (χ3v) is 4.30. The van der Waals surface area contributed by atoms with Gasteiger partial charge in [-0.3, -0.25) is 18.4 Å². The Bertz CT molecular complexity index is 894. The average molecular weight is 396 g/mol. The number of hydrogen-bond donors (Lipinski definition) is 1. The molecule has 0 saturated heterocycles. The first-order valence-electron chi connectivity index (χ1n) is 8.02. The normalized spacial score (nSPS) is 11.2. The third kappa shape index (κ3) is 5.97. The molecule has 1 aromatic heterocycles. The first-order chi connectivity index (χ1) is 12.1. The van der Waals surface area contributed by atoms with E-state index >= 15 is 0 Å². The van der Waals surface area contributed by atoms with Crippen molar-refractivity contribution in [3.63, 3.8) is 0 Å². The van der Waals surface area contributed by atoms with Crippen LogP contribution in [0.2, 0.25) is 0 Å². The minimum Gasteiger partial charge on any atom is -1.00 e. The average Bonchev–Trinajstić information content (AvgIpc) is 2.62. The number of nitrogens with zero attached hydrogens (tertiary/aromatic N) is 1. The molecule has 0 saturated carbocycles. The number of carbonyl (C=O) groups is 1. The summed E-state index contributed by atoms with van der Waals surface area (Å²) in [6, 6.07) is 13.5. The molecule has 0 bridgehead atoms. The van der Waals surface area contributed by atoms with Gasteiger partial charge in [0.1, 0.15) is 5.78 Å². The largest absolute Gasteiger partial charge is 1.00 e. The molecule has 134 valence electrons. The minimum atomic E-state index is -2.52. The number of halogens is 3. The number of fused-ring (bicyclic) bond motifs is 1. The molecule has 0 amide bonds. The van der Waals surface area contributed by atoms with E-state index in [1.54, 1.807) is 24.5 Å². The number of carbonyl (C=O) groups excluding carboxylic acids is 1. The van der Waals surface area contributed by atoms with Crippen molar-refractivity contribution in [3.05, 3.63) is 72.1 Å². The van der Waals surface area contributed by atoms with Crippen molar-refractivity contribution in [3.8, 4) is 0 Å². The molecule has 8 heteroatoms. The van der Waals surface area contributed by atoms with E-state index < -0.39 is 13.2 Å². The molecule has 1 unspecified atom stereocenters. The molecule has 1 atom stereocenters. The van der Waals surface area contributed by atoms with Gasteiger partial charge in [-0.05, 0) is 28.0 Å². The van der Waals surface area contributed by atoms with E-state index in [-0.39, 0.29) is 80.3 Å². The van der Waals surface area contributed by atoms with E-state index in [9.17, 15) is 13.4 Å².